The van der Waals surface area contributed by atoms with Gasteiger partial charge < -0.3 is 16.0 Å². The molecule has 0 saturated heterocycles. The molecule has 6 aromatic rings. The smallest absolute Gasteiger partial charge is 0.272 e. The standard InChI is InChI=1S/C44H36N4O3S2/c1-28-22-23-36-37(27-45)44(53-39(36)24-28)48-43(51)40(30-13-4-2-5-14-30)52-34-20-11-19-33(26-34)46-42(50)38(47-41(49)31-15-6-3-7-16-31)25-32-18-10-17-29-12-8-9-21-35(29)32/h2-21,25-26,28,40H,22-24H2,1H3,(H,46,50)(H,47,49)(H,48,51)/b38-25+. The van der Waals surface area contributed by atoms with Gasteiger partial charge in [-0.05, 0) is 89.1 Å². The number of hydrogen-bond donors (Lipinski definition) is 3. The van der Waals surface area contributed by atoms with Crippen molar-refractivity contribution in [2.24, 2.45) is 5.92 Å². The summed E-state index contributed by atoms with van der Waals surface area (Å²) < 4.78 is 0. The number of nitrogens with one attached hydrogen (secondary N) is 3. The molecule has 7 nitrogen and oxygen atoms in total. The van der Waals surface area contributed by atoms with Gasteiger partial charge in [-0.1, -0.05) is 104 Å². The van der Waals surface area contributed by atoms with Crippen LogP contribution in [0.4, 0.5) is 10.7 Å². The number of amides is 3. The summed E-state index contributed by atoms with van der Waals surface area (Å²) in [6, 6.07) is 41.6. The Morgan fingerprint density at radius 1 is 0.868 bits per heavy atom. The molecule has 9 heteroatoms. The topological polar surface area (TPSA) is 111 Å². The molecule has 1 aliphatic rings. The van der Waals surface area contributed by atoms with Crippen molar-refractivity contribution in [3.05, 3.63) is 166 Å². The Balaban J connectivity index is 1.15. The Morgan fingerprint density at radius 2 is 1.58 bits per heavy atom. The van der Waals surface area contributed by atoms with Gasteiger partial charge >= 0.3 is 0 Å². The van der Waals surface area contributed by atoms with Crippen LogP contribution in [0.5, 0.6) is 0 Å². The molecule has 0 aliphatic heterocycles. The normalized spacial score (nSPS) is 14.4. The second-order valence-electron chi connectivity index (χ2n) is 13.0. The number of anilines is 2. The van der Waals surface area contributed by atoms with Gasteiger partial charge in [0.2, 0.25) is 5.91 Å². The molecular weight excluding hydrogens is 697 g/mol. The lowest BCUT2D eigenvalue weighted by Crippen LogP contribution is -2.30. The maximum atomic E-state index is 14.0. The predicted molar refractivity (Wildman–Crippen MR) is 215 cm³/mol. The van der Waals surface area contributed by atoms with Crippen LogP contribution in [0.1, 0.15) is 56.1 Å². The average Bonchev–Trinajstić information content (AvgIpc) is 3.53. The monoisotopic (exact) mass is 732 g/mol. The van der Waals surface area contributed by atoms with Crippen LogP contribution in [0, 0.1) is 17.2 Å². The number of nitriles is 1. The zero-order valence-electron chi connectivity index (χ0n) is 29.0. The minimum Gasteiger partial charge on any atom is -0.321 e. The van der Waals surface area contributed by atoms with Crippen LogP contribution in [0.2, 0.25) is 0 Å². The quantitative estimate of drug-likeness (QED) is 0.0960. The molecule has 3 N–H and O–H groups in total. The van der Waals surface area contributed by atoms with E-state index < -0.39 is 17.1 Å². The molecule has 1 aromatic heterocycles. The summed E-state index contributed by atoms with van der Waals surface area (Å²) in [4.78, 5) is 43.2. The van der Waals surface area contributed by atoms with Crippen molar-refractivity contribution < 1.29 is 14.4 Å². The lowest BCUT2D eigenvalue weighted by Gasteiger charge is -2.18. The number of hydrogen-bond acceptors (Lipinski definition) is 6. The SMILES string of the molecule is CC1CCc2c(sc(NC(=O)C(Sc3cccc(NC(=O)/C(=C\c4cccc5ccccc45)NC(=O)c4ccccc4)c3)c3ccccc3)c2C#N)C1. The lowest BCUT2D eigenvalue weighted by atomic mass is 9.88. The average molecular weight is 733 g/mol. The highest BCUT2D eigenvalue weighted by atomic mass is 32.2. The first-order valence-electron chi connectivity index (χ1n) is 17.4. The van der Waals surface area contributed by atoms with Gasteiger partial charge in [0.05, 0.1) is 5.56 Å². The number of carbonyl (C=O) groups excluding carboxylic acids is 3. The van der Waals surface area contributed by atoms with Crippen LogP contribution in [0.15, 0.2) is 138 Å². The molecule has 0 radical (unpaired) electrons. The van der Waals surface area contributed by atoms with Gasteiger partial charge in [-0.25, -0.2) is 0 Å². The Morgan fingerprint density at radius 3 is 2.38 bits per heavy atom. The molecule has 5 aromatic carbocycles. The molecule has 0 bridgehead atoms. The van der Waals surface area contributed by atoms with Gasteiger partial charge in [0, 0.05) is 21.0 Å². The van der Waals surface area contributed by atoms with E-state index in [1.165, 1.54) is 28.0 Å². The number of nitrogens with zero attached hydrogens (tertiary/aromatic N) is 1. The number of rotatable bonds is 10. The second-order valence-corrected chi connectivity index (χ2v) is 15.3. The molecule has 0 spiro atoms. The van der Waals surface area contributed by atoms with Crippen molar-refractivity contribution in [3.63, 3.8) is 0 Å². The highest BCUT2D eigenvalue weighted by Crippen LogP contribution is 2.42. The van der Waals surface area contributed by atoms with E-state index in [0.717, 1.165) is 51.6 Å². The van der Waals surface area contributed by atoms with E-state index in [1.54, 1.807) is 36.4 Å². The van der Waals surface area contributed by atoms with Crippen molar-refractivity contribution >= 4 is 68.4 Å². The van der Waals surface area contributed by atoms with Crippen LogP contribution >= 0.6 is 23.1 Å². The predicted octanol–water partition coefficient (Wildman–Crippen LogP) is 9.78. The fourth-order valence-electron chi connectivity index (χ4n) is 6.49. The molecule has 53 heavy (non-hydrogen) atoms. The summed E-state index contributed by atoms with van der Waals surface area (Å²) in [5.41, 5.74) is 4.22. The van der Waals surface area contributed by atoms with Crippen molar-refractivity contribution in [3.8, 4) is 6.07 Å². The third kappa shape index (κ3) is 8.25. The van der Waals surface area contributed by atoms with E-state index in [-0.39, 0.29) is 11.6 Å². The Hall–Kier alpha value is -5.95. The molecule has 0 fully saturated rings. The number of benzene rings is 5. The van der Waals surface area contributed by atoms with Crippen molar-refractivity contribution in [1.82, 2.24) is 5.32 Å². The van der Waals surface area contributed by atoms with Crippen LogP contribution in [0.3, 0.4) is 0 Å². The van der Waals surface area contributed by atoms with Gasteiger partial charge in [0.1, 0.15) is 22.0 Å². The van der Waals surface area contributed by atoms with E-state index in [4.69, 9.17) is 0 Å². The first-order valence-corrected chi connectivity index (χ1v) is 19.1. The maximum absolute atomic E-state index is 14.0. The first-order chi connectivity index (χ1) is 25.9. The van der Waals surface area contributed by atoms with Crippen molar-refractivity contribution in [2.45, 2.75) is 36.3 Å². The van der Waals surface area contributed by atoms with Crippen LogP contribution in [0.25, 0.3) is 16.8 Å². The summed E-state index contributed by atoms with van der Waals surface area (Å²) >= 11 is 2.86. The number of carbonyl (C=O) groups is 3. The van der Waals surface area contributed by atoms with Crippen molar-refractivity contribution in [2.75, 3.05) is 10.6 Å². The van der Waals surface area contributed by atoms with Gasteiger partial charge in [-0.15, -0.1) is 23.1 Å². The second kappa shape index (κ2) is 16.2. The maximum Gasteiger partial charge on any atom is 0.272 e. The summed E-state index contributed by atoms with van der Waals surface area (Å²) in [6.45, 7) is 2.22. The first kappa shape index (κ1) is 35.5. The Bertz CT molecular complexity index is 2380. The van der Waals surface area contributed by atoms with Crippen molar-refractivity contribution in [1.29, 1.82) is 5.26 Å². The molecule has 1 heterocycles. The highest BCUT2D eigenvalue weighted by molar-refractivity contribution is 8.00. The van der Waals surface area contributed by atoms with Gasteiger partial charge in [0.25, 0.3) is 11.8 Å². The Labute approximate surface area is 316 Å². The molecule has 3 amide bonds. The fraction of sp³-hybridized carbons (Fsp3) is 0.136. The minimum absolute atomic E-state index is 0.0798. The summed E-state index contributed by atoms with van der Waals surface area (Å²) in [7, 11) is 0. The minimum atomic E-state index is -0.640. The third-order valence-electron chi connectivity index (χ3n) is 9.20. The lowest BCUT2D eigenvalue weighted by molar-refractivity contribution is -0.116. The van der Waals surface area contributed by atoms with E-state index in [1.807, 2.05) is 97.1 Å². The van der Waals surface area contributed by atoms with E-state index in [2.05, 4.69) is 28.9 Å². The molecule has 7 rings (SSSR count). The zero-order valence-corrected chi connectivity index (χ0v) is 30.6. The number of fused-ring (bicyclic) bond motifs is 2. The van der Waals surface area contributed by atoms with E-state index in [9.17, 15) is 19.6 Å². The molecule has 2 unspecified atom stereocenters. The summed E-state index contributed by atoms with van der Waals surface area (Å²) in [6.07, 6.45) is 4.47. The number of thiophene rings is 1. The number of thioether (sulfide) groups is 1. The summed E-state index contributed by atoms with van der Waals surface area (Å²) in [5.74, 6) is -0.597. The molecular formula is C44H36N4O3S2. The summed E-state index contributed by atoms with van der Waals surface area (Å²) in [5, 5.41) is 20.9. The fourth-order valence-corrected chi connectivity index (χ4v) is 8.94. The van der Waals surface area contributed by atoms with Crippen LogP contribution < -0.4 is 16.0 Å². The Kier molecular flexibility index (Phi) is 10.8. The zero-order chi connectivity index (χ0) is 36.7. The van der Waals surface area contributed by atoms with Crippen LogP contribution in [-0.4, -0.2) is 17.7 Å². The largest absolute Gasteiger partial charge is 0.321 e. The van der Waals surface area contributed by atoms with E-state index >= 15 is 0 Å². The third-order valence-corrected chi connectivity index (χ3v) is 11.6. The van der Waals surface area contributed by atoms with E-state index in [0.29, 0.717) is 27.7 Å². The highest BCUT2D eigenvalue weighted by Gasteiger charge is 2.28. The van der Waals surface area contributed by atoms with Crippen LogP contribution in [-0.2, 0) is 22.4 Å². The molecule has 0 saturated carbocycles. The molecule has 2 atom stereocenters. The van der Waals surface area contributed by atoms with Gasteiger partial charge in [0.15, 0.2) is 0 Å². The van der Waals surface area contributed by atoms with Gasteiger partial charge in [-0.3, -0.25) is 14.4 Å². The van der Waals surface area contributed by atoms with Gasteiger partial charge in [-0.2, -0.15) is 5.26 Å². The molecule has 1 aliphatic carbocycles. The molecule has 262 valence electrons.